The Kier molecular flexibility index (Phi) is 3.88. The lowest BCUT2D eigenvalue weighted by Crippen LogP contribution is -2.08. The van der Waals surface area contributed by atoms with Crippen molar-refractivity contribution in [2.24, 2.45) is 5.92 Å². The van der Waals surface area contributed by atoms with Crippen LogP contribution in [-0.2, 0) is 12.8 Å². The molecule has 0 nitrogen and oxygen atoms in total. The van der Waals surface area contributed by atoms with Crippen LogP contribution in [0.2, 0.25) is 10.0 Å². The van der Waals surface area contributed by atoms with Crippen molar-refractivity contribution < 1.29 is 0 Å². The molecule has 0 fully saturated rings. The zero-order valence-corrected chi connectivity index (χ0v) is 13.3. The Bertz CT molecular complexity index is 584. The van der Waals surface area contributed by atoms with Crippen molar-refractivity contribution in [2.45, 2.75) is 17.7 Å². The maximum absolute atomic E-state index is 6.29. The summed E-state index contributed by atoms with van der Waals surface area (Å²) in [5.41, 5.74) is 4.00. The van der Waals surface area contributed by atoms with Crippen molar-refractivity contribution in [3.05, 3.63) is 69.2 Å². The van der Waals surface area contributed by atoms with Gasteiger partial charge < -0.3 is 0 Å². The van der Waals surface area contributed by atoms with Gasteiger partial charge in [-0.2, -0.15) is 0 Å². The van der Waals surface area contributed by atoms with E-state index in [-0.39, 0.29) is 4.83 Å². The molecular weight excluding hydrogens is 343 g/mol. The maximum Gasteiger partial charge on any atom is 0.0450 e. The fraction of sp³-hybridized carbons (Fsp3) is 0.250. The SMILES string of the molecule is Clc1ccc(Cl)c(C(Br)C2Cc3ccccc3C2)c1. The highest BCUT2D eigenvalue weighted by atomic mass is 79.9. The van der Waals surface area contributed by atoms with Crippen LogP contribution in [0.4, 0.5) is 0 Å². The summed E-state index contributed by atoms with van der Waals surface area (Å²) in [4.78, 5) is 0.242. The number of rotatable bonds is 2. The van der Waals surface area contributed by atoms with Crippen molar-refractivity contribution >= 4 is 39.1 Å². The molecule has 0 bridgehead atoms. The number of fused-ring (bicyclic) bond motifs is 1. The third-order valence-electron chi connectivity index (χ3n) is 3.75. The Hall–Kier alpha value is -0.500. The molecule has 1 atom stereocenters. The van der Waals surface area contributed by atoms with Gasteiger partial charge in [-0.15, -0.1) is 0 Å². The van der Waals surface area contributed by atoms with Crippen molar-refractivity contribution in [3.8, 4) is 0 Å². The van der Waals surface area contributed by atoms with Crippen molar-refractivity contribution in [2.75, 3.05) is 0 Å². The Balaban J connectivity index is 1.87. The maximum atomic E-state index is 6.29. The summed E-state index contributed by atoms with van der Waals surface area (Å²) in [7, 11) is 0. The van der Waals surface area contributed by atoms with Crippen LogP contribution in [0, 0.1) is 5.92 Å². The molecule has 0 amide bonds. The molecule has 0 aliphatic heterocycles. The lowest BCUT2D eigenvalue weighted by atomic mass is 9.96. The minimum Gasteiger partial charge on any atom is -0.0843 e. The molecule has 1 unspecified atom stereocenters. The zero-order chi connectivity index (χ0) is 13.4. The van der Waals surface area contributed by atoms with E-state index in [9.17, 15) is 0 Å². The molecule has 0 spiro atoms. The summed E-state index contributed by atoms with van der Waals surface area (Å²) in [6.45, 7) is 0. The molecule has 0 heterocycles. The summed E-state index contributed by atoms with van der Waals surface area (Å²) >= 11 is 16.2. The molecule has 98 valence electrons. The molecular formula is C16H13BrCl2. The van der Waals surface area contributed by atoms with Crippen LogP contribution in [-0.4, -0.2) is 0 Å². The number of hydrogen-bond acceptors (Lipinski definition) is 0. The summed E-state index contributed by atoms with van der Waals surface area (Å²) in [6.07, 6.45) is 2.18. The van der Waals surface area contributed by atoms with E-state index in [0.29, 0.717) is 5.92 Å². The molecule has 0 aromatic heterocycles. The van der Waals surface area contributed by atoms with Gasteiger partial charge >= 0.3 is 0 Å². The largest absolute Gasteiger partial charge is 0.0843 e. The lowest BCUT2D eigenvalue weighted by Gasteiger charge is -2.19. The number of alkyl halides is 1. The van der Waals surface area contributed by atoms with E-state index in [2.05, 4.69) is 40.2 Å². The molecule has 0 N–H and O–H groups in total. The summed E-state index contributed by atoms with van der Waals surface area (Å²) < 4.78 is 0. The lowest BCUT2D eigenvalue weighted by molar-refractivity contribution is 0.554. The first-order valence-corrected chi connectivity index (χ1v) is 7.98. The number of halogens is 3. The van der Waals surface area contributed by atoms with Crippen molar-refractivity contribution in [1.82, 2.24) is 0 Å². The summed E-state index contributed by atoms with van der Waals surface area (Å²) in [5, 5.41) is 1.52. The average molecular weight is 356 g/mol. The monoisotopic (exact) mass is 354 g/mol. The first kappa shape index (κ1) is 13.5. The van der Waals surface area contributed by atoms with Gasteiger partial charge in [0.1, 0.15) is 0 Å². The van der Waals surface area contributed by atoms with E-state index in [1.807, 2.05) is 18.2 Å². The van der Waals surface area contributed by atoms with Gasteiger partial charge in [-0.25, -0.2) is 0 Å². The average Bonchev–Trinajstić information content (AvgIpc) is 2.84. The topological polar surface area (TPSA) is 0 Å². The second-order valence-electron chi connectivity index (χ2n) is 5.00. The van der Waals surface area contributed by atoms with Crippen molar-refractivity contribution in [3.63, 3.8) is 0 Å². The van der Waals surface area contributed by atoms with Crippen LogP contribution in [0.5, 0.6) is 0 Å². The van der Waals surface area contributed by atoms with Gasteiger partial charge in [0, 0.05) is 14.9 Å². The second-order valence-corrected chi connectivity index (χ2v) is 6.83. The Labute approximate surface area is 131 Å². The third kappa shape index (κ3) is 2.69. The third-order valence-corrected chi connectivity index (χ3v) is 5.57. The highest BCUT2D eigenvalue weighted by molar-refractivity contribution is 9.09. The van der Waals surface area contributed by atoms with E-state index in [1.54, 1.807) is 0 Å². The molecule has 3 rings (SSSR count). The highest BCUT2D eigenvalue weighted by Gasteiger charge is 2.29. The Morgan fingerprint density at radius 1 is 1.00 bits per heavy atom. The molecule has 2 aromatic carbocycles. The quantitative estimate of drug-likeness (QED) is 0.593. The van der Waals surface area contributed by atoms with E-state index >= 15 is 0 Å². The van der Waals surface area contributed by atoms with Gasteiger partial charge in [-0.05, 0) is 53.6 Å². The van der Waals surface area contributed by atoms with Crippen LogP contribution in [0.25, 0.3) is 0 Å². The Morgan fingerprint density at radius 2 is 1.63 bits per heavy atom. The van der Waals surface area contributed by atoms with Gasteiger partial charge in [-0.3, -0.25) is 0 Å². The Morgan fingerprint density at radius 3 is 2.26 bits per heavy atom. The molecule has 3 heteroatoms. The van der Waals surface area contributed by atoms with Crippen LogP contribution < -0.4 is 0 Å². The van der Waals surface area contributed by atoms with Crippen LogP contribution in [0.1, 0.15) is 21.5 Å². The van der Waals surface area contributed by atoms with Crippen LogP contribution in [0.3, 0.4) is 0 Å². The van der Waals surface area contributed by atoms with E-state index in [1.165, 1.54) is 11.1 Å². The van der Waals surface area contributed by atoms with Crippen LogP contribution >= 0.6 is 39.1 Å². The van der Waals surface area contributed by atoms with Gasteiger partial charge in [0.15, 0.2) is 0 Å². The number of benzene rings is 2. The summed E-state index contributed by atoms with van der Waals surface area (Å²) in [6, 6.07) is 14.3. The van der Waals surface area contributed by atoms with Gasteiger partial charge in [0.25, 0.3) is 0 Å². The van der Waals surface area contributed by atoms with E-state index in [4.69, 9.17) is 23.2 Å². The highest BCUT2D eigenvalue weighted by Crippen LogP contribution is 2.43. The predicted octanol–water partition coefficient (Wildman–Crippen LogP) is 5.84. The van der Waals surface area contributed by atoms with E-state index < -0.39 is 0 Å². The van der Waals surface area contributed by atoms with Crippen molar-refractivity contribution in [1.29, 1.82) is 0 Å². The van der Waals surface area contributed by atoms with Gasteiger partial charge in [-0.1, -0.05) is 63.4 Å². The normalized spacial score (nSPS) is 16.4. The molecule has 2 aromatic rings. The zero-order valence-electron chi connectivity index (χ0n) is 10.2. The molecule has 1 aliphatic rings. The van der Waals surface area contributed by atoms with Gasteiger partial charge in [0.05, 0.1) is 0 Å². The molecule has 0 saturated heterocycles. The predicted molar refractivity (Wildman–Crippen MR) is 85.5 cm³/mol. The number of hydrogen-bond donors (Lipinski definition) is 0. The first-order valence-electron chi connectivity index (χ1n) is 6.31. The second kappa shape index (κ2) is 5.47. The molecule has 1 aliphatic carbocycles. The first-order chi connectivity index (χ1) is 9.15. The molecule has 19 heavy (non-hydrogen) atoms. The summed E-state index contributed by atoms with van der Waals surface area (Å²) in [5.74, 6) is 0.536. The molecule has 0 saturated carbocycles. The minimum absolute atomic E-state index is 0.242. The van der Waals surface area contributed by atoms with Gasteiger partial charge in [0.2, 0.25) is 0 Å². The standard InChI is InChI=1S/C16H13BrCl2/c17-16(14-9-13(18)5-6-15(14)19)12-7-10-3-1-2-4-11(10)8-12/h1-6,9,12,16H,7-8H2. The minimum atomic E-state index is 0.242. The molecule has 0 radical (unpaired) electrons. The fourth-order valence-corrected chi connectivity index (χ4v) is 4.08. The smallest absolute Gasteiger partial charge is 0.0450 e. The van der Waals surface area contributed by atoms with Crippen LogP contribution in [0.15, 0.2) is 42.5 Å². The fourth-order valence-electron chi connectivity index (χ4n) is 2.78. The van der Waals surface area contributed by atoms with E-state index in [0.717, 1.165) is 28.5 Å².